The molecule has 1 aliphatic carbocycles. The molecule has 162 valence electrons. The van der Waals surface area contributed by atoms with Gasteiger partial charge >= 0.3 is 0 Å². The van der Waals surface area contributed by atoms with Gasteiger partial charge in [0.1, 0.15) is 0 Å². The Morgan fingerprint density at radius 3 is 2.83 bits per heavy atom. The molecule has 1 saturated heterocycles. The number of fused-ring (bicyclic) bond motifs is 1. The standard InChI is InChI=1S/C23H36N4O.HI/c1-3-15-27-16-12-20(13-17-27)26-23(24-2)25-14-7-18-28-22-11-6-9-19-8-4-5-10-21(19)22;/h3-5,8,10,20,22H,1,6-7,9,11-18H2,2H3,(H2,24,25,26);1H. The first-order valence-electron chi connectivity index (χ1n) is 10.8. The minimum atomic E-state index is 0. The number of halogens is 1. The lowest BCUT2D eigenvalue weighted by atomic mass is 9.89. The van der Waals surface area contributed by atoms with Crippen molar-refractivity contribution in [3.8, 4) is 0 Å². The zero-order valence-electron chi connectivity index (χ0n) is 17.7. The summed E-state index contributed by atoms with van der Waals surface area (Å²) in [7, 11) is 1.84. The second kappa shape index (κ2) is 13.2. The molecule has 29 heavy (non-hydrogen) atoms. The van der Waals surface area contributed by atoms with Crippen LogP contribution in [0.25, 0.3) is 0 Å². The van der Waals surface area contributed by atoms with Crippen LogP contribution >= 0.6 is 24.0 Å². The molecule has 1 aromatic carbocycles. The topological polar surface area (TPSA) is 48.9 Å². The fraction of sp³-hybridized carbons (Fsp3) is 0.609. The van der Waals surface area contributed by atoms with E-state index in [4.69, 9.17) is 4.74 Å². The highest BCUT2D eigenvalue weighted by Crippen LogP contribution is 2.32. The van der Waals surface area contributed by atoms with E-state index in [1.54, 1.807) is 0 Å². The summed E-state index contributed by atoms with van der Waals surface area (Å²) in [5.74, 6) is 0.908. The van der Waals surface area contributed by atoms with Crippen LogP contribution in [0.2, 0.25) is 0 Å². The van der Waals surface area contributed by atoms with Crippen LogP contribution in [0.1, 0.15) is 49.3 Å². The van der Waals surface area contributed by atoms with Crippen molar-refractivity contribution in [1.82, 2.24) is 15.5 Å². The van der Waals surface area contributed by atoms with E-state index in [-0.39, 0.29) is 30.1 Å². The Balaban J connectivity index is 0.00000300. The van der Waals surface area contributed by atoms with Gasteiger partial charge < -0.3 is 15.4 Å². The van der Waals surface area contributed by atoms with Gasteiger partial charge in [-0.2, -0.15) is 0 Å². The normalized spacial score (nSPS) is 20.4. The predicted molar refractivity (Wildman–Crippen MR) is 132 cm³/mol. The van der Waals surface area contributed by atoms with E-state index < -0.39 is 0 Å². The lowest BCUT2D eigenvalue weighted by Crippen LogP contribution is -2.48. The monoisotopic (exact) mass is 512 g/mol. The number of nitrogens with zero attached hydrogens (tertiary/aromatic N) is 2. The molecule has 6 heteroatoms. The van der Waals surface area contributed by atoms with Gasteiger partial charge in [-0.25, -0.2) is 0 Å². The van der Waals surface area contributed by atoms with Crippen LogP contribution in [0.4, 0.5) is 0 Å². The second-order valence-electron chi connectivity index (χ2n) is 7.81. The van der Waals surface area contributed by atoms with Crippen LogP contribution in [0, 0.1) is 0 Å². The van der Waals surface area contributed by atoms with Gasteiger partial charge in [-0.3, -0.25) is 9.89 Å². The van der Waals surface area contributed by atoms with Gasteiger partial charge in [0.05, 0.1) is 6.10 Å². The van der Waals surface area contributed by atoms with Crippen LogP contribution in [0.3, 0.4) is 0 Å². The number of rotatable bonds is 8. The predicted octanol–water partition coefficient (Wildman–Crippen LogP) is 3.90. The van der Waals surface area contributed by atoms with Crippen LogP contribution < -0.4 is 10.6 Å². The van der Waals surface area contributed by atoms with Gasteiger partial charge in [0, 0.05) is 45.9 Å². The van der Waals surface area contributed by atoms with Gasteiger partial charge in [-0.1, -0.05) is 30.3 Å². The summed E-state index contributed by atoms with van der Waals surface area (Å²) in [6.07, 6.45) is 9.09. The first-order chi connectivity index (χ1) is 13.8. The van der Waals surface area contributed by atoms with Gasteiger partial charge in [0.25, 0.3) is 0 Å². The lowest BCUT2D eigenvalue weighted by molar-refractivity contribution is 0.0398. The Labute approximate surface area is 193 Å². The quantitative estimate of drug-likeness (QED) is 0.182. The largest absolute Gasteiger partial charge is 0.373 e. The molecule has 5 nitrogen and oxygen atoms in total. The minimum Gasteiger partial charge on any atom is -0.373 e. The third-order valence-corrected chi connectivity index (χ3v) is 5.79. The fourth-order valence-corrected chi connectivity index (χ4v) is 4.22. The summed E-state index contributed by atoms with van der Waals surface area (Å²) in [4.78, 5) is 6.83. The number of hydrogen-bond acceptors (Lipinski definition) is 3. The molecule has 0 saturated carbocycles. The van der Waals surface area contributed by atoms with Gasteiger partial charge in [0.2, 0.25) is 0 Å². The molecule has 0 amide bonds. The maximum atomic E-state index is 6.20. The first kappa shape index (κ1) is 24.2. The second-order valence-corrected chi connectivity index (χ2v) is 7.81. The molecule has 2 N–H and O–H groups in total. The molecule has 2 aliphatic rings. The van der Waals surface area contributed by atoms with Crippen LogP contribution in [0.15, 0.2) is 41.9 Å². The first-order valence-corrected chi connectivity index (χ1v) is 10.8. The van der Waals surface area contributed by atoms with Gasteiger partial charge in [-0.15, -0.1) is 30.6 Å². The third-order valence-electron chi connectivity index (χ3n) is 5.79. The number of nitrogens with one attached hydrogen (secondary N) is 2. The van der Waals surface area contributed by atoms with Crippen molar-refractivity contribution in [1.29, 1.82) is 0 Å². The molecule has 0 bridgehead atoms. The van der Waals surface area contributed by atoms with Crippen molar-refractivity contribution >= 4 is 29.9 Å². The summed E-state index contributed by atoms with van der Waals surface area (Å²) in [5.41, 5.74) is 2.85. The molecular formula is C23H37IN4O. The molecule has 0 aromatic heterocycles. The highest BCUT2D eigenvalue weighted by molar-refractivity contribution is 14.0. The molecule has 0 radical (unpaired) electrons. The number of guanidine groups is 1. The van der Waals surface area contributed by atoms with Crippen LogP contribution in [-0.2, 0) is 11.2 Å². The van der Waals surface area contributed by atoms with E-state index in [1.807, 2.05) is 13.1 Å². The summed E-state index contributed by atoms with van der Waals surface area (Å²) >= 11 is 0. The molecule has 3 rings (SSSR count). The van der Waals surface area contributed by atoms with E-state index in [2.05, 4.69) is 51.4 Å². The number of aryl methyl sites for hydroxylation is 1. The number of hydrogen-bond donors (Lipinski definition) is 2. The number of likely N-dealkylation sites (tertiary alicyclic amines) is 1. The molecule has 1 unspecified atom stereocenters. The molecule has 1 atom stereocenters. The van der Waals surface area contributed by atoms with Crippen molar-refractivity contribution in [2.75, 3.05) is 39.8 Å². The number of piperidine rings is 1. The number of aliphatic imine (C=N–C) groups is 1. The van der Waals surface area contributed by atoms with Gasteiger partial charge in [0.15, 0.2) is 5.96 Å². The van der Waals surface area contributed by atoms with E-state index in [0.717, 1.165) is 64.4 Å². The molecule has 1 aromatic rings. The third kappa shape index (κ3) is 7.57. The molecular weight excluding hydrogens is 475 g/mol. The smallest absolute Gasteiger partial charge is 0.191 e. The van der Waals surface area contributed by atoms with E-state index in [9.17, 15) is 0 Å². The summed E-state index contributed by atoms with van der Waals surface area (Å²) < 4.78 is 6.20. The van der Waals surface area contributed by atoms with Gasteiger partial charge in [-0.05, 0) is 49.7 Å². The Morgan fingerprint density at radius 1 is 1.28 bits per heavy atom. The average molecular weight is 512 g/mol. The Kier molecular flexibility index (Phi) is 11.0. The summed E-state index contributed by atoms with van der Waals surface area (Å²) in [6.45, 7) is 8.72. The van der Waals surface area contributed by atoms with E-state index >= 15 is 0 Å². The highest BCUT2D eigenvalue weighted by atomic mass is 127. The molecule has 1 fully saturated rings. The Morgan fingerprint density at radius 2 is 2.07 bits per heavy atom. The highest BCUT2D eigenvalue weighted by Gasteiger charge is 2.20. The van der Waals surface area contributed by atoms with E-state index in [0.29, 0.717) is 6.04 Å². The zero-order valence-corrected chi connectivity index (χ0v) is 20.1. The summed E-state index contributed by atoms with van der Waals surface area (Å²) in [6, 6.07) is 9.22. The van der Waals surface area contributed by atoms with Crippen molar-refractivity contribution in [2.24, 2.45) is 4.99 Å². The zero-order chi connectivity index (χ0) is 19.6. The van der Waals surface area contributed by atoms with Crippen molar-refractivity contribution in [3.63, 3.8) is 0 Å². The summed E-state index contributed by atoms with van der Waals surface area (Å²) in [5, 5.41) is 7.01. The molecule has 1 heterocycles. The minimum absolute atomic E-state index is 0. The maximum absolute atomic E-state index is 6.20. The van der Waals surface area contributed by atoms with E-state index in [1.165, 1.54) is 24.0 Å². The fourth-order valence-electron chi connectivity index (χ4n) is 4.22. The van der Waals surface area contributed by atoms with Crippen LogP contribution in [-0.4, -0.2) is 56.7 Å². The van der Waals surface area contributed by atoms with Crippen molar-refractivity contribution in [2.45, 2.75) is 50.7 Å². The SMILES string of the molecule is C=CCN1CCC(NC(=NC)NCCCOC2CCCc3ccccc32)CC1.I. The average Bonchev–Trinajstić information content (AvgIpc) is 2.74. The Hall–Kier alpha value is -1.12. The lowest BCUT2D eigenvalue weighted by Gasteiger charge is -2.32. The van der Waals surface area contributed by atoms with Crippen molar-refractivity contribution in [3.05, 3.63) is 48.0 Å². The molecule has 1 aliphatic heterocycles. The molecule has 0 spiro atoms. The number of ether oxygens (including phenoxy) is 1. The Bertz CT molecular complexity index is 644. The maximum Gasteiger partial charge on any atom is 0.191 e. The number of benzene rings is 1. The van der Waals surface area contributed by atoms with Crippen molar-refractivity contribution < 1.29 is 4.74 Å². The van der Waals surface area contributed by atoms with Crippen LogP contribution in [0.5, 0.6) is 0 Å².